The summed E-state index contributed by atoms with van der Waals surface area (Å²) < 4.78 is 0. The third kappa shape index (κ3) is 3.10. The van der Waals surface area contributed by atoms with Crippen LogP contribution in [0, 0.1) is 12.3 Å². The van der Waals surface area contributed by atoms with Gasteiger partial charge in [-0.1, -0.05) is 31.0 Å². The number of carbonyl (C=O) groups is 1. The number of rotatable bonds is 4. The van der Waals surface area contributed by atoms with Gasteiger partial charge in [0.25, 0.3) is 0 Å². The van der Waals surface area contributed by atoms with Crippen molar-refractivity contribution in [2.45, 2.75) is 33.1 Å². The van der Waals surface area contributed by atoms with E-state index in [2.05, 4.69) is 17.6 Å². The Hall–Kier alpha value is -1.06. The monoisotopic (exact) mass is 280 g/mol. The SMILES string of the molecule is CCCC1(C(=O)Nc2ccc(C)c(Cl)c2)CCNC1. The summed E-state index contributed by atoms with van der Waals surface area (Å²) in [5.74, 6) is 0.110. The number of halogens is 1. The molecule has 0 aliphatic carbocycles. The number of hydrogen-bond acceptors (Lipinski definition) is 2. The number of benzene rings is 1. The molecule has 1 atom stereocenters. The molecule has 4 heteroatoms. The molecule has 1 aliphatic rings. The lowest BCUT2D eigenvalue weighted by Gasteiger charge is -2.26. The van der Waals surface area contributed by atoms with Crippen LogP contribution >= 0.6 is 11.6 Å². The van der Waals surface area contributed by atoms with E-state index >= 15 is 0 Å². The first-order valence-corrected chi connectivity index (χ1v) is 7.23. The number of carbonyl (C=O) groups excluding carboxylic acids is 1. The van der Waals surface area contributed by atoms with Gasteiger partial charge in [-0.15, -0.1) is 0 Å². The van der Waals surface area contributed by atoms with Gasteiger partial charge in [0.05, 0.1) is 5.41 Å². The van der Waals surface area contributed by atoms with Gasteiger partial charge in [-0.25, -0.2) is 0 Å². The fourth-order valence-electron chi connectivity index (χ4n) is 2.68. The maximum atomic E-state index is 12.5. The molecule has 2 rings (SSSR count). The highest BCUT2D eigenvalue weighted by molar-refractivity contribution is 6.31. The minimum absolute atomic E-state index is 0.110. The topological polar surface area (TPSA) is 41.1 Å². The highest BCUT2D eigenvalue weighted by Gasteiger charge is 2.40. The summed E-state index contributed by atoms with van der Waals surface area (Å²) in [5.41, 5.74) is 1.54. The lowest BCUT2D eigenvalue weighted by atomic mass is 9.81. The van der Waals surface area contributed by atoms with Crippen LogP contribution < -0.4 is 10.6 Å². The molecule has 3 nitrogen and oxygen atoms in total. The second-order valence-corrected chi connectivity index (χ2v) is 5.78. The minimum atomic E-state index is -0.258. The lowest BCUT2D eigenvalue weighted by molar-refractivity contribution is -0.125. The third-order valence-electron chi connectivity index (χ3n) is 3.88. The van der Waals surface area contributed by atoms with Crippen LogP contribution in [-0.2, 0) is 4.79 Å². The van der Waals surface area contributed by atoms with E-state index in [0.717, 1.165) is 43.6 Å². The van der Waals surface area contributed by atoms with E-state index in [-0.39, 0.29) is 11.3 Å². The summed E-state index contributed by atoms with van der Waals surface area (Å²) in [7, 11) is 0. The van der Waals surface area contributed by atoms with Crippen molar-refractivity contribution in [3.8, 4) is 0 Å². The Labute approximate surface area is 119 Å². The number of nitrogens with one attached hydrogen (secondary N) is 2. The van der Waals surface area contributed by atoms with Crippen molar-refractivity contribution < 1.29 is 4.79 Å². The van der Waals surface area contributed by atoms with Crippen LogP contribution in [0.1, 0.15) is 31.7 Å². The van der Waals surface area contributed by atoms with Gasteiger partial charge in [0.1, 0.15) is 0 Å². The van der Waals surface area contributed by atoms with Crippen LogP contribution in [0.15, 0.2) is 18.2 Å². The number of hydrogen-bond donors (Lipinski definition) is 2. The molecular formula is C15H21ClN2O. The zero-order valence-electron chi connectivity index (χ0n) is 11.6. The summed E-state index contributed by atoms with van der Waals surface area (Å²) in [4.78, 5) is 12.5. The minimum Gasteiger partial charge on any atom is -0.326 e. The molecule has 1 fully saturated rings. The van der Waals surface area contributed by atoms with E-state index in [9.17, 15) is 4.79 Å². The molecular weight excluding hydrogens is 260 g/mol. The van der Waals surface area contributed by atoms with E-state index in [0.29, 0.717) is 5.02 Å². The average molecular weight is 281 g/mol. The Morgan fingerprint density at radius 2 is 2.32 bits per heavy atom. The highest BCUT2D eigenvalue weighted by atomic mass is 35.5. The van der Waals surface area contributed by atoms with Crippen LogP contribution in [0.3, 0.4) is 0 Å². The van der Waals surface area contributed by atoms with Crippen molar-refractivity contribution in [2.24, 2.45) is 5.41 Å². The standard InChI is InChI=1S/C15H21ClN2O/c1-3-6-15(7-8-17-10-15)14(19)18-12-5-4-11(2)13(16)9-12/h4-5,9,17H,3,6-8,10H2,1-2H3,(H,18,19). The normalized spacial score (nSPS) is 22.5. The molecule has 0 radical (unpaired) electrons. The molecule has 1 amide bonds. The van der Waals surface area contributed by atoms with Gasteiger partial charge >= 0.3 is 0 Å². The molecule has 19 heavy (non-hydrogen) atoms. The van der Waals surface area contributed by atoms with E-state index in [1.165, 1.54) is 0 Å². The van der Waals surface area contributed by atoms with Gasteiger partial charge in [-0.2, -0.15) is 0 Å². The molecule has 1 aromatic carbocycles. The second kappa shape index (κ2) is 5.93. The van der Waals surface area contributed by atoms with Crippen molar-refractivity contribution in [3.63, 3.8) is 0 Å². The smallest absolute Gasteiger partial charge is 0.231 e. The predicted molar refractivity (Wildman–Crippen MR) is 79.6 cm³/mol. The summed E-state index contributed by atoms with van der Waals surface area (Å²) in [6.07, 6.45) is 2.85. The molecule has 2 N–H and O–H groups in total. The average Bonchev–Trinajstić information content (AvgIpc) is 2.84. The molecule has 0 bridgehead atoms. The van der Waals surface area contributed by atoms with Crippen LogP contribution in [0.4, 0.5) is 5.69 Å². The number of aryl methyl sites for hydroxylation is 1. The lowest BCUT2D eigenvalue weighted by Crippen LogP contribution is -2.38. The van der Waals surface area contributed by atoms with Crippen LogP contribution in [0.2, 0.25) is 5.02 Å². The van der Waals surface area contributed by atoms with E-state index in [4.69, 9.17) is 11.6 Å². The summed E-state index contributed by atoms with van der Waals surface area (Å²) >= 11 is 6.09. The Morgan fingerprint density at radius 3 is 2.89 bits per heavy atom. The summed E-state index contributed by atoms with van der Waals surface area (Å²) in [6, 6.07) is 5.65. The van der Waals surface area contributed by atoms with Gasteiger partial charge < -0.3 is 10.6 Å². The third-order valence-corrected chi connectivity index (χ3v) is 4.29. The zero-order chi connectivity index (χ0) is 13.9. The highest BCUT2D eigenvalue weighted by Crippen LogP contribution is 2.33. The molecule has 1 unspecified atom stereocenters. The van der Waals surface area contributed by atoms with Crippen LogP contribution in [0.5, 0.6) is 0 Å². The van der Waals surface area contributed by atoms with Gasteiger partial charge in [0.2, 0.25) is 5.91 Å². The molecule has 104 valence electrons. The molecule has 0 spiro atoms. The molecule has 1 aromatic rings. The van der Waals surface area contributed by atoms with E-state index < -0.39 is 0 Å². The maximum Gasteiger partial charge on any atom is 0.231 e. The predicted octanol–water partition coefficient (Wildman–Crippen LogP) is 3.37. The van der Waals surface area contributed by atoms with Crippen LogP contribution in [-0.4, -0.2) is 19.0 Å². The fourth-order valence-corrected chi connectivity index (χ4v) is 2.86. The molecule has 1 aliphatic heterocycles. The van der Waals surface area contributed by atoms with Crippen molar-refractivity contribution in [2.75, 3.05) is 18.4 Å². The van der Waals surface area contributed by atoms with Gasteiger partial charge in [-0.05, 0) is 44.0 Å². The molecule has 1 saturated heterocycles. The largest absolute Gasteiger partial charge is 0.326 e. The molecule has 0 saturated carbocycles. The van der Waals surface area contributed by atoms with Crippen molar-refractivity contribution in [1.29, 1.82) is 0 Å². The van der Waals surface area contributed by atoms with Crippen LogP contribution in [0.25, 0.3) is 0 Å². The van der Waals surface area contributed by atoms with Crippen molar-refractivity contribution >= 4 is 23.2 Å². The fraction of sp³-hybridized carbons (Fsp3) is 0.533. The maximum absolute atomic E-state index is 12.5. The summed E-state index contributed by atoms with van der Waals surface area (Å²) in [6.45, 7) is 5.76. The van der Waals surface area contributed by atoms with Crippen molar-refractivity contribution in [1.82, 2.24) is 5.32 Å². The first-order chi connectivity index (χ1) is 9.07. The second-order valence-electron chi connectivity index (χ2n) is 5.38. The van der Waals surface area contributed by atoms with E-state index in [1.54, 1.807) is 0 Å². The Kier molecular flexibility index (Phi) is 4.48. The Balaban J connectivity index is 2.12. The Morgan fingerprint density at radius 1 is 1.53 bits per heavy atom. The molecule has 1 heterocycles. The number of amides is 1. The number of anilines is 1. The van der Waals surface area contributed by atoms with Gasteiger partial charge in [-0.3, -0.25) is 4.79 Å². The van der Waals surface area contributed by atoms with E-state index in [1.807, 2.05) is 25.1 Å². The van der Waals surface area contributed by atoms with Gasteiger partial charge in [0, 0.05) is 17.3 Å². The summed E-state index contributed by atoms with van der Waals surface area (Å²) in [5, 5.41) is 7.00. The van der Waals surface area contributed by atoms with Gasteiger partial charge in [0.15, 0.2) is 0 Å². The quantitative estimate of drug-likeness (QED) is 0.888. The Bertz CT molecular complexity index is 467. The molecule has 0 aromatic heterocycles. The zero-order valence-corrected chi connectivity index (χ0v) is 12.3. The van der Waals surface area contributed by atoms with Crippen molar-refractivity contribution in [3.05, 3.63) is 28.8 Å². The first-order valence-electron chi connectivity index (χ1n) is 6.86. The first kappa shape index (κ1) is 14.4.